The van der Waals surface area contributed by atoms with Crippen molar-refractivity contribution in [2.75, 3.05) is 0 Å². The van der Waals surface area contributed by atoms with E-state index >= 15 is 0 Å². The molecule has 0 amide bonds. The van der Waals surface area contributed by atoms with E-state index in [0.29, 0.717) is 12.2 Å². The predicted octanol–water partition coefficient (Wildman–Crippen LogP) is 3.23. The SMILES string of the molecule is C=C[C@H]1O[C@]1(C)CC[C@H]1O[C@]1(C)CC[C@H]1OC1(C)C. The van der Waals surface area contributed by atoms with Gasteiger partial charge in [0.2, 0.25) is 0 Å². The first-order valence-corrected chi connectivity index (χ1v) is 7.45. The monoisotopic (exact) mass is 266 g/mol. The Balaban J connectivity index is 1.37. The van der Waals surface area contributed by atoms with Crippen molar-refractivity contribution in [3.63, 3.8) is 0 Å². The van der Waals surface area contributed by atoms with Crippen LogP contribution in [-0.4, -0.2) is 35.1 Å². The van der Waals surface area contributed by atoms with Crippen molar-refractivity contribution in [1.29, 1.82) is 0 Å². The molecule has 108 valence electrons. The second-order valence-electron chi connectivity index (χ2n) is 7.29. The summed E-state index contributed by atoms with van der Waals surface area (Å²) >= 11 is 0. The summed E-state index contributed by atoms with van der Waals surface area (Å²) in [5.74, 6) is 0. The number of ether oxygens (including phenoxy) is 3. The van der Waals surface area contributed by atoms with Crippen LogP contribution in [0, 0.1) is 0 Å². The zero-order valence-corrected chi connectivity index (χ0v) is 12.6. The van der Waals surface area contributed by atoms with Crippen LogP contribution in [-0.2, 0) is 14.2 Å². The molecule has 19 heavy (non-hydrogen) atoms. The van der Waals surface area contributed by atoms with E-state index in [9.17, 15) is 0 Å². The van der Waals surface area contributed by atoms with Crippen LogP contribution in [0.4, 0.5) is 0 Å². The van der Waals surface area contributed by atoms with E-state index in [1.54, 1.807) is 0 Å². The molecule has 0 aromatic heterocycles. The lowest BCUT2D eigenvalue weighted by Gasteiger charge is -2.07. The van der Waals surface area contributed by atoms with E-state index in [0.717, 1.165) is 25.7 Å². The van der Waals surface area contributed by atoms with Crippen LogP contribution in [0.5, 0.6) is 0 Å². The normalized spacial score (nSPS) is 49.8. The van der Waals surface area contributed by atoms with Gasteiger partial charge in [0.05, 0.1) is 29.0 Å². The van der Waals surface area contributed by atoms with Crippen molar-refractivity contribution in [3.05, 3.63) is 12.7 Å². The fourth-order valence-corrected chi connectivity index (χ4v) is 3.20. The minimum absolute atomic E-state index is 0.0240. The number of rotatable bonds is 7. The summed E-state index contributed by atoms with van der Waals surface area (Å²) in [6, 6.07) is 0. The summed E-state index contributed by atoms with van der Waals surface area (Å²) in [7, 11) is 0. The highest BCUT2D eigenvalue weighted by atomic mass is 16.6. The van der Waals surface area contributed by atoms with Gasteiger partial charge < -0.3 is 14.2 Å². The fraction of sp³-hybridized carbons (Fsp3) is 0.875. The Labute approximate surface area is 116 Å². The van der Waals surface area contributed by atoms with Gasteiger partial charge >= 0.3 is 0 Å². The molecule has 3 heteroatoms. The molecule has 0 unspecified atom stereocenters. The van der Waals surface area contributed by atoms with E-state index in [2.05, 4.69) is 34.3 Å². The van der Waals surface area contributed by atoms with Gasteiger partial charge in [0.1, 0.15) is 6.10 Å². The van der Waals surface area contributed by atoms with Crippen LogP contribution >= 0.6 is 0 Å². The van der Waals surface area contributed by atoms with Crippen LogP contribution in [0.15, 0.2) is 12.7 Å². The number of hydrogen-bond donors (Lipinski definition) is 0. The van der Waals surface area contributed by atoms with Crippen LogP contribution < -0.4 is 0 Å². The van der Waals surface area contributed by atoms with Crippen molar-refractivity contribution in [2.45, 2.75) is 88.5 Å². The highest BCUT2D eigenvalue weighted by Gasteiger charge is 2.57. The van der Waals surface area contributed by atoms with Crippen LogP contribution in [0.1, 0.15) is 53.4 Å². The molecule has 0 aliphatic carbocycles. The second kappa shape index (κ2) is 4.06. The average Bonchev–Trinajstić information content (AvgIpc) is 3.24. The molecule has 0 N–H and O–H groups in total. The van der Waals surface area contributed by atoms with Crippen molar-refractivity contribution in [3.8, 4) is 0 Å². The molecule has 3 aliphatic rings. The third-order valence-corrected chi connectivity index (χ3v) is 5.16. The quantitative estimate of drug-likeness (QED) is 0.524. The molecule has 0 aromatic rings. The molecule has 0 radical (unpaired) electrons. The van der Waals surface area contributed by atoms with Crippen LogP contribution in [0.2, 0.25) is 0 Å². The minimum atomic E-state index is 0.0240. The molecule has 0 bridgehead atoms. The Bertz CT molecular complexity index is 391. The van der Waals surface area contributed by atoms with Gasteiger partial charge in [0.25, 0.3) is 0 Å². The van der Waals surface area contributed by atoms with E-state index in [1.165, 1.54) is 0 Å². The predicted molar refractivity (Wildman–Crippen MR) is 74.2 cm³/mol. The standard InChI is InChI=1S/C16H26O3/c1-6-11-15(4,18-11)10-8-13-16(5,19-13)9-7-12-14(2,3)17-12/h6,11-13H,1,7-10H2,2-5H3/t11-,12-,13-,15-,16-/m1/s1. The lowest BCUT2D eigenvalue weighted by Crippen LogP contribution is -2.15. The Kier molecular flexibility index (Phi) is 2.91. The number of epoxide rings is 3. The molecular weight excluding hydrogens is 240 g/mol. The fourth-order valence-electron chi connectivity index (χ4n) is 3.20. The van der Waals surface area contributed by atoms with Gasteiger partial charge in [-0.15, -0.1) is 6.58 Å². The molecule has 3 aliphatic heterocycles. The molecule has 3 rings (SSSR count). The van der Waals surface area contributed by atoms with Gasteiger partial charge in [0, 0.05) is 0 Å². The van der Waals surface area contributed by atoms with Crippen molar-refractivity contribution in [1.82, 2.24) is 0 Å². The van der Waals surface area contributed by atoms with Gasteiger partial charge in [-0.05, 0) is 53.4 Å². The molecule has 3 nitrogen and oxygen atoms in total. The van der Waals surface area contributed by atoms with Gasteiger partial charge in [0.15, 0.2) is 0 Å². The molecular formula is C16H26O3. The van der Waals surface area contributed by atoms with E-state index in [-0.39, 0.29) is 22.9 Å². The largest absolute Gasteiger partial charge is 0.367 e. The molecule has 0 saturated carbocycles. The Hall–Kier alpha value is -0.380. The lowest BCUT2D eigenvalue weighted by molar-refractivity contribution is 0.265. The van der Waals surface area contributed by atoms with E-state index < -0.39 is 0 Å². The lowest BCUT2D eigenvalue weighted by atomic mass is 9.92. The Morgan fingerprint density at radius 1 is 0.895 bits per heavy atom. The van der Waals surface area contributed by atoms with Crippen LogP contribution in [0.3, 0.4) is 0 Å². The average molecular weight is 266 g/mol. The second-order valence-corrected chi connectivity index (χ2v) is 7.29. The Morgan fingerprint density at radius 2 is 1.47 bits per heavy atom. The van der Waals surface area contributed by atoms with Gasteiger partial charge in [-0.3, -0.25) is 0 Å². The maximum atomic E-state index is 5.91. The topological polar surface area (TPSA) is 37.6 Å². The summed E-state index contributed by atoms with van der Waals surface area (Å²) in [5.41, 5.74) is 0.209. The van der Waals surface area contributed by atoms with Gasteiger partial charge in [-0.25, -0.2) is 0 Å². The van der Waals surface area contributed by atoms with Crippen molar-refractivity contribution >= 4 is 0 Å². The first-order valence-electron chi connectivity index (χ1n) is 7.45. The molecule has 3 heterocycles. The van der Waals surface area contributed by atoms with Gasteiger partial charge in [-0.2, -0.15) is 0 Å². The molecule has 5 atom stereocenters. The summed E-state index contributed by atoms with van der Waals surface area (Å²) in [6.07, 6.45) is 7.36. The van der Waals surface area contributed by atoms with Gasteiger partial charge in [-0.1, -0.05) is 6.08 Å². The summed E-state index contributed by atoms with van der Waals surface area (Å²) in [4.78, 5) is 0. The van der Waals surface area contributed by atoms with E-state index in [4.69, 9.17) is 14.2 Å². The zero-order chi connectivity index (χ0) is 13.9. The first-order chi connectivity index (χ1) is 8.79. The van der Waals surface area contributed by atoms with E-state index in [1.807, 2.05) is 6.08 Å². The number of hydrogen-bond acceptors (Lipinski definition) is 3. The van der Waals surface area contributed by atoms with Crippen molar-refractivity contribution < 1.29 is 14.2 Å². The maximum absolute atomic E-state index is 5.91. The molecule has 0 spiro atoms. The summed E-state index contributed by atoms with van der Waals surface area (Å²) in [5, 5.41) is 0. The van der Waals surface area contributed by atoms with Crippen molar-refractivity contribution in [2.24, 2.45) is 0 Å². The highest BCUT2D eigenvalue weighted by Crippen LogP contribution is 2.49. The first kappa shape index (κ1) is 13.6. The Morgan fingerprint density at radius 3 is 2.00 bits per heavy atom. The molecule has 0 aromatic carbocycles. The zero-order valence-electron chi connectivity index (χ0n) is 12.6. The smallest absolute Gasteiger partial charge is 0.105 e. The third-order valence-electron chi connectivity index (χ3n) is 5.16. The molecule has 3 fully saturated rings. The highest BCUT2D eigenvalue weighted by molar-refractivity contribution is 5.10. The summed E-state index contributed by atoms with van der Waals surface area (Å²) < 4.78 is 17.2. The summed E-state index contributed by atoms with van der Waals surface area (Å²) in [6.45, 7) is 12.5. The maximum Gasteiger partial charge on any atom is 0.105 e. The van der Waals surface area contributed by atoms with Crippen LogP contribution in [0.25, 0.3) is 0 Å². The minimum Gasteiger partial charge on any atom is -0.367 e. The molecule has 3 saturated heterocycles. The third kappa shape index (κ3) is 2.61.